The molecule has 2 aliphatic rings. The number of nitrogen functional groups attached to an aromatic ring is 1. The lowest BCUT2D eigenvalue weighted by Gasteiger charge is -2.38. The number of amides is 1. The van der Waals surface area contributed by atoms with Gasteiger partial charge in [0.2, 0.25) is 0 Å². The van der Waals surface area contributed by atoms with E-state index in [0.29, 0.717) is 5.56 Å². The molecule has 2 aromatic heterocycles. The first-order valence-corrected chi connectivity index (χ1v) is 11.2. The normalized spacial score (nSPS) is 24.2. The molecule has 35 heavy (non-hydrogen) atoms. The zero-order chi connectivity index (χ0) is 24.7. The molecule has 1 aromatic carbocycles. The number of anilines is 2. The Labute approximate surface area is 199 Å². The first-order chi connectivity index (χ1) is 16.8. The number of nitrogens with zero attached hydrogens (tertiary/aromatic N) is 3. The minimum Gasteiger partial charge on any atom is -0.396 e. The number of carbonyl (C=O) groups is 1. The molecule has 11 heteroatoms. The molecule has 1 aliphatic heterocycles. The lowest BCUT2D eigenvalue weighted by atomic mass is 9.91. The van der Waals surface area contributed by atoms with Crippen LogP contribution in [0.5, 0.6) is 0 Å². The molecule has 0 spiro atoms. The average molecular weight is 483 g/mol. The number of nitrogens with two attached hydrogens (primary N) is 1. The number of benzene rings is 1. The van der Waals surface area contributed by atoms with Gasteiger partial charge in [0.05, 0.1) is 47.6 Å². The summed E-state index contributed by atoms with van der Waals surface area (Å²) < 4.78 is 34.5. The average Bonchev–Trinajstić information content (AvgIpc) is 3.67. The predicted octanol–water partition coefficient (Wildman–Crippen LogP) is 2.61. The van der Waals surface area contributed by atoms with Gasteiger partial charge in [-0.3, -0.25) is 9.78 Å². The second-order valence-corrected chi connectivity index (χ2v) is 8.73. The molecule has 3 aromatic rings. The molecule has 1 amide bonds. The van der Waals surface area contributed by atoms with Crippen LogP contribution in [0.15, 0.2) is 42.9 Å². The summed E-state index contributed by atoms with van der Waals surface area (Å²) in [5.41, 5.74) is 5.90. The van der Waals surface area contributed by atoms with E-state index in [2.05, 4.69) is 20.3 Å². The topological polar surface area (TPSA) is 143 Å². The number of rotatable bonds is 5. The Morgan fingerprint density at radius 1 is 1.14 bits per heavy atom. The Hall–Kier alpha value is -3.54. The number of aliphatic hydroxyl groups excluding tert-OH is 2. The van der Waals surface area contributed by atoms with Crippen molar-refractivity contribution in [3.05, 3.63) is 65.7 Å². The molecular formula is C24H23F2N5O4. The molecule has 5 rings (SSSR count). The van der Waals surface area contributed by atoms with Crippen molar-refractivity contribution in [1.82, 2.24) is 15.0 Å². The third-order valence-corrected chi connectivity index (χ3v) is 6.26. The molecule has 4 atom stereocenters. The summed E-state index contributed by atoms with van der Waals surface area (Å²) in [6.45, 7) is 0. The summed E-state index contributed by atoms with van der Waals surface area (Å²) in [7, 11) is 0. The van der Waals surface area contributed by atoms with E-state index in [1.54, 1.807) is 6.07 Å². The van der Waals surface area contributed by atoms with Crippen LogP contribution >= 0.6 is 0 Å². The van der Waals surface area contributed by atoms with Gasteiger partial charge in [-0.2, -0.15) is 0 Å². The van der Waals surface area contributed by atoms with E-state index in [1.807, 2.05) is 0 Å². The maximum absolute atomic E-state index is 14.2. The monoisotopic (exact) mass is 483 g/mol. The van der Waals surface area contributed by atoms with Gasteiger partial charge in [0.1, 0.15) is 17.7 Å². The fourth-order valence-electron chi connectivity index (χ4n) is 4.30. The number of aliphatic hydroxyl groups is 2. The van der Waals surface area contributed by atoms with E-state index in [0.717, 1.165) is 31.2 Å². The number of hydrogen-bond donors (Lipinski definition) is 4. The number of aromatic nitrogens is 3. The molecule has 1 saturated carbocycles. The summed E-state index contributed by atoms with van der Waals surface area (Å²) in [6.07, 6.45) is 2.95. The molecule has 3 heterocycles. The predicted molar refractivity (Wildman–Crippen MR) is 121 cm³/mol. The first kappa shape index (κ1) is 23.2. The van der Waals surface area contributed by atoms with Crippen LogP contribution < -0.4 is 11.1 Å². The summed E-state index contributed by atoms with van der Waals surface area (Å²) in [5, 5.41) is 23.4. The summed E-state index contributed by atoms with van der Waals surface area (Å²) in [5.74, 6) is -2.65. The zero-order valence-electron chi connectivity index (χ0n) is 18.4. The third kappa shape index (κ3) is 4.57. The Balaban J connectivity index is 1.43. The van der Waals surface area contributed by atoms with Crippen molar-refractivity contribution < 1.29 is 28.5 Å². The number of ether oxygens (including phenoxy) is 1. The van der Waals surface area contributed by atoms with Gasteiger partial charge < -0.3 is 26.0 Å². The lowest BCUT2D eigenvalue weighted by Crippen LogP contribution is -2.46. The van der Waals surface area contributed by atoms with Crippen molar-refractivity contribution in [2.24, 2.45) is 5.92 Å². The molecule has 0 bridgehead atoms. The van der Waals surface area contributed by atoms with Crippen LogP contribution in [0.4, 0.5) is 20.2 Å². The number of pyridine rings is 1. The van der Waals surface area contributed by atoms with E-state index in [-0.39, 0.29) is 35.2 Å². The Bertz CT molecular complexity index is 1250. The molecule has 5 N–H and O–H groups in total. The highest BCUT2D eigenvalue weighted by atomic mass is 19.1. The molecule has 1 saturated heterocycles. The summed E-state index contributed by atoms with van der Waals surface area (Å²) in [6, 6.07) is 4.98. The van der Waals surface area contributed by atoms with E-state index in [9.17, 15) is 23.8 Å². The van der Waals surface area contributed by atoms with Crippen LogP contribution in [0, 0.1) is 17.6 Å². The second-order valence-electron chi connectivity index (χ2n) is 8.73. The molecule has 0 unspecified atom stereocenters. The van der Waals surface area contributed by atoms with Crippen LogP contribution in [-0.4, -0.2) is 49.4 Å². The van der Waals surface area contributed by atoms with E-state index in [1.165, 1.54) is 18.5 Å². The molecule has 1 aliphatic carbocycles. The summed E-state index contributed by atoms with van der Waals surface area (Å²) >= 11 is 0. The number of halogens is 2. The van der Waals surface area contributed by atoms with Gasteiger partial charge >= 0.3 is 0 Å². The smallest absolute Gasteiger partial charge is 0.276 e. The Morgan fingerprint density at radius 2 is 1.89 bits per heavy atom. The van der Waals surface area contributed by atoms with Gasteiger partial charge in [0, 0.05) is 18.2 Å². The van der Waals surface area contributed by atoms with Crippen molar-refractivity contribution in [3.8, 4) is 11.4 Å². The minimum absolute atomic E-state index is 0.0882. The zero-order valence-corrected chi connectivity index (χ0v) is 18.4. The molecule has 2 fully saturated rings. The third-order valence-electron chi connectivity index (χ3n) is 6.26. The maximum atomic E-state index is 14.2. The van der Waals surface area contributed by atoms with Crippen molar-refractivity contribution in [3.63, 3.8) is 0 Å². The summed E-state index contributed by atoms with van der Waals surface area (Å²) in [4.78, 5) is 25.0. The fraction of sp³-hybridized carbons (Fsp3) is 0.333. The molecule has 182 valence electrons. The maximum Gasteiger partial charge on any atom is 0.276 e. The minimum atomic E-state index is -0.980. The van der Waals surface area contributed by atoms with Crippen molar-refractivity contribution in [2.75, 3.05) is 11.1 Å². The first-order valence-electron chi connectivity index (χ1n) is 11.2. The number of carbonyl (C=O) groups excluding carboxylic acids is 1. The van der Waals surface area contributed by atoms with Gasteiger partial charge in [-0.25, -0.2) is 18.7 Å². The molecule has 9 nitrogen and oxygen atoms in total. The van der Waals surface area contributed by atoms with E-state index < -0.39 is 47.5 Å². The van der Waals surface area contributed by atoms with E-state index in [4.69, 9.17) is 10.5 Å². The number of hydrogen-bond acceptors (Lipinski definition) is 8. The Morgan fingerprint density at radius 3 is 2.60 bits per heavy atom. The highest BCUT2D eigenvalue weighted by Crippen LogP contribution is 2.44. The van der Waals surface area contributed by atoms with Gasteiger partial charge in [-0.05, 0) is 37.0 Å². The van der Waals surface area contributed by atoms with Gasteiger partial charge in [-0.1, -0.05) is 6.07 Å². The van der Waals surface area contributed by atoms with Crippen LogP contribution in [0.3, 0.4) is 0 Å². The van der Waals surface area contributed by atoms with Crippen molar-refractivity contribution in [1.29, 1.82) is 0 Å². The number of nitrogens with one attached hydrogen (secondary N) is 1. The lowest BCUT2D eigenvalue weighted by molar-refractivity contribution is -0.177. The van der Waals surface area contributed by atoms with Crippen molar-refractivity contribution >= 4 is 17.3 Å². The van der Waals surface area contributed by atoms with Gasteiger partial charge in [0.25, 0.3) is 5.91 Å². The standard InChI is InChI=1S/C24H23F2N5O4/c25-13-2-1-3-14(26)19(13)23-29-9-15(27)20(31-23)24(34)30-16-10-28-7-6-12(16)18-8-17(32)21(33)22(35-18)11-4-5-11/h1-3,6-7,9-11,17-18,21-22,32-33H,4-5,8,27H2,(H,30,34)/t17-,18-,21+,22-/m1/s1. The highest BCUT2D eigenvalue weighted by molar-refractivity contribution is 6.06. The van der Waals surface area contributed by atoms with Gasteiger partial charge in [-0.15, -0.1) is 0 Å². The van der Waals surface area contributed by atoms with Crippen LogP contribution in [-0.2, 0) is 4.74 Å². The molecular weight excluding hydrogens is 460 g/mol. The largest absolute Gasteiger partial charge is 0.396 e. The quantitative estimate of drug-likeness (QED) is 0.434. The Kier molecular flexibility index (Phi) is 6.13. The van der Waals surface area contributed by atoms with Crippen LogP contribution in [0.2, 0.25) is 0 Å². The van der Waals surface area contributed by atoms with Crippen LogP contribution in [0.25, 0.3) is 11.4 Å². The fourth-order valence-corrected chi connectivity index (χ4v) is 4.30. The molecule has 0 radical (unpaired) electrons. The van der Waals surface area contributed by atoms with Gasteiger partial charge in [0.15, 0.2) is 11.5 Å². The highest BCUT2D eigenvalue weighted by Gasteiger charge is 2.45. The van der Waals surface area contributed by atoms with Crippen LogP contribution in [0.1, 0.15) is 41.4 Å². The van der Waals surface area contributed by atoms with E-state index >= 15 is 0 Å². The second kappa shape index (κ2) is 9.25. The van der Waals surface area contributed by atoms with Crippen molar-refractivity contribution in [2.45, 2.75) is 43.7 Å². The SMILES string of the molecule is Nc1cnc(-c2c(F)cccc2F)nc1C(=O)Nc1cnccc1[C@H]1C[C@@H](O)[C@H](O)[C@@H](C2CC2)O1.